The van der Waals surface area contributed by atoms with E-state index < -0.39 is 5.72 Å². The van der Waals surface area contributed by atoms with Crippen molar-refractivity contribution in [2.24, 2.45) is 4.99 Å². The molecule has 0 fully saturated rings. The highest BCUT2D eigenvalue weighted by Crippen LogP contribution is 2.41. The standard InChI is InChI=1S/C16H11NO/c1-3-7-14-13(6-1)11-17-16(14)10-9-12-5-2-4-8-15(12)18-16/h1-11H. The highest BCUT2D eigenvalue weighted by atomic mass is 16.5. The Morgan fingerprint density at radius 3 is 2.61 bits per heavy atom. The summed E-state index contributed by atoms with van der Waals surface area (Å²) in [6.45, 7) is 0. The lowest BCUT2D eigenvalue weighted by molar-refractivity contribution is 0.131. The van der Waals surface area contributed by atoms with E-state index in [9.17, 15) is 0 Å². The van der Waals surface area contributed by atoms with Gasteiger partial charge in [0.15, 0.2) is 0 Å². The van der Waals surface area contributed by atoms with Crippen LogP contribution in [0.3, 0.4) is 0 Å². The van der Waals surface area contributed by atoms with E-state index in [-0.39, 0.29) is 0 Å². The Balaban J connectivity index is 1.89. The number of para-hydroxylation sites is 1. The molecule has 2 aliphatic rings. The second kappa shape index (κ2) is 3.33. The molecule has 0 aromatic heterocycles. The van der Waals surface area contributed by atoms with Crippen LogP contribution in [-0.2, 0) is 5.72 Å². The summed E-state index contributed by atoms with van der Waals surface area (Å²) in [5.74, 6) is 0.883. The Morgan fingerprint density at radius 1 is 0.889 bits per heavy atom. The van der Waals surface area contributed by atoms with E-state index >= 15 is 0 Å². The average Bonchev–Trinajstić information content (AvgIpc) is 2.78. The number of fused-ring (bicyclic) bond motifs is 3. The number of aliphatic imine (C=N–C) groups is 1. The zero-order chi connectivity index (χ0) is 12.0. The third-order valence-electron chi connectivity index (χ3n) is 3.42. The lowest BCUT2D eigenvalue weighted by Crippen LogP contribution is -2.28. The normalized spacial score (nSPS) is 22.7. The molecule has 2 aliphatic heterocycles. The van der Waals surface area contributed by atoms with Gasteiger partial charge in [0, 0.05) is 22.9 Å². The zero-order valence-electron chi connectivity index (χ0n) is 9.71. The molecule has 86 valence electrons. The van der Waals surface area contributed by atoms with E-state index in [0.29, 0.717) is 0 Å². The molecule has 18 heavy (non-hydrogen) atoms. The van der Waals surface area contributed by atoms with Gasteiger partial charge in [-0.2, -0.15) is 0 Å². The Kier molecular flexibility index (Phi) is 1.78. The summed E-state index contributed by atoms with van der Waals surface area (Å²) in [6, 6.07) is 16.2. The molecule has 2 nitrogen and oxygen atoms in total. The lowest BCUT2D eigenvalue weighted by atomic mass is 9.97. The molecule has 2 aromatic carbocycles. The summed E-state index contributed by atoms with van der Waals surface area (Å²) < 4.78 is 6.12. The van der Waals surface area contributed by atoms with Gasteiger partial charge in [-0.3, -0.25) is 0 Å². The molecule has 0 aliphatic carbocycles. The molecule has 4 rings (SSSR count). The van der Waals surface area contributed by atoms with Gasteiger partial charge in [0.25, 0.3) is 0 Å². The molecular weight excluding hydrogens is 222 g/mol. The first kappa shape index (κ1) is 9.66. The minimum atomic E-state index is -0.662. The van der Waals surface area contributed by atoms with Crippen molar-refractivity contribution in [2.45, 2.75) is 5.72 Å². The number of rotatable bonds is 0. The highest BCUT2D eigenvalue weighted by molar-refractivity contribution is 5.87. The van der Waals surface area contributed by atoms with Gasteiger partial charge in [0.2, 0.25) is 5.72 Å². The zero-order valence-corrected chi connectivity index (χ0v) is 9.71. The predicted octanol–water partition coefficient (Wildman–Crippen LogP) is 3.38. The monoisotopic (exact) mass is 233 g/mol. The average molecular weight is 233 g/mol. The molecule has 1 atom stereocenters. The van der Waals surface area contributed by atoms with Gasteiger partial charge in [-0.15, -0.1) is 0 Å². The maximum Gasteiger partial charge on any atom is 0.246 e. The molecule has 2 heteroatoms. The van der Waals surface area contributed by atoms with Gasteiger partial charge < -0.3 is 4.74 Å². The molecule has 0 bridgehead atoms. The van der Waals surface area contributed by atoms with Crippen LogP contribution in [0.15, 0.2) is 59.6 Å². The first-order valence-electron chi connectivity index (χ1n) is 5.99. The second-order valence-electron chi connectivity index (χ2n) is 4.52. The maximum absolute atomic E-state index is 6.12. The number of ether oxygens (including phenoxy) is 1. The molecule has 2 aromatic rings. The fourth-order valence-electron chi connectivity index (χ4n) is 2.50. The summed E-state index contributed by atoms with van der Waals surface area (Å²) in [5, 5.41) is 0. The van der Waals surface area contributed by atoms with Crippen molar-refractivity contribution in [2.75, 3.05) is 0 Å². The minimum absolute atomic E-state index is 0.662. The fourth-order valence-corrected chi connectivity index (χ4v) is 2.50. The SMILES string of the molecule is C1=CC2(N=Cc3ccccc32)Oc2ccccc21. The van der Waals surface area contributed by atoms with Gasteiger partial charge in [-0.1, -0.05) is 42.5 Å². The van der Waals surface area contributed by atoms with Gasteiger partial charge >= 0.3 is 0 Å². The minimum Gasteiger partial charge on any atom is -0.458 e. The van der Waals surface area contributed by atoms with E-state index in [1.54, 1.807) is 0 Å². The van der Waals surface area contributed by atoms with Crippen LogP contribution >= 0.6 is 0 Å². The van der Waals surface area contributed by atoms with Crippen molar-refractivity contribution in [1.29, 1.82) is 0 Å². The van der Waals surface area contributed by atoms with Crippen molar-refractivity contribution in [3.8, 4) is 5.75 Å². The summed E-state index contributed by atoms with van der Waals surface area (Å²) in [5.41, 5.74) is 2.67. The van der Waals surface area contributed by atoms with Crippen LogP contribution in [0.2, 0.25) is 0 Å². The van der Waals surface area contributed by atoms with Gasteiger partial charge in [-0.25, -0.2) is 4.99 Å². The molecule has 0 amide bonds. The highest BCUT2D eigenvalue weighted by Gasteiger charge is 2.38. The van der Waals surface area contributed by atoms with E-state index in [4.69, 9.17) is 4.74 Å². The Morgan fingerprint density at radius 2 is 1.67 bits per heavy atom. The quantitative estimate of drug-likeness (QED) is 0.683. The van der Waals surface area contributed by atoms with E-state index in [1.165, 1.54) is 0 Å². The number of hydrogen-bond acceptors (Lipinski definition) is 2. The molecule has 0 saturated heterocycles. The molecule has 0 N–H and O–H groups in total. The molecule has 0 saturated carbocycles. The van der Waals surface area contributed by atoms with Crippen LogP contribution in [0, 0.1) is 0 Å². The predicted molar refractivity (Wildman–Crippen MR) is 71.8 cm³/mol. The molecule has 0 radical (unpaired) electrons. The van der Waals surface area contributed by atoms with Crippen molar-refractivity contribution >= 4 is 12.3 Å². The lowest BCUT2D eigenvalue weighted by Gasteiger charge is -2.29. The Hall–Kier alpha value is -2.35. The van der Waals surface area contributed by atoms with Crippen molar-refractivity contribution in [1.82, 2.24) is 0 Å². The van der Waals surface area contributed by atoms with Crippen molar-refractivity contribution < 1.29 is 4.74 Å². The molecule has 1 unspecified atom stereocenters. The summed E-state index contributed by atoms with van der Waals surface area (Å²) >= 11 is 0. The second-order valence-corrected chi connectivity index (χ2v) is 4.52. The van der Waals surface area contributed by atoms with Crippen LogP contribution in [-0.4, -0.2) is 6.21 Å². The van der Waals surface area contributed by atoms with Gasteiger partial charge in [-0.05, 0) is 18.2 Å². The Bertz CT molecular complexity index is 687. The smallest absolute Gasteiger partial charge is 0.246 e. The third kappa shape index (κ3) is 1.20. The summed E-state index contributed by atoms with van der Waals surface area (Å²) in [6.07, 6.45) is 5.99. The van der Waals surface area contributed by atoms with Gasteiger partial charge in [0.1, 0.15) is 5.75 Å². The third-order valence-corrected chi connectivity index (χ3v) is 3.42. The van der Waals surface area contributed by atoms with Crippen molar-refractivity contribution in [3.05, 3.63) is 71.3 Å². The fraction of sp³-hybridized carbons (Fsp3) is 0.0625. The maximum atomic E-state index is 6.12. The van der Waals surface area contributed by atoms with Crippen molar-refractivity contribution in [3.63, 3.8) is 0 Å². The first-order valence-corrected chi connectivity index (χ1v) is 5.99. The molecular formula is C16H11NO. The van der Waals surface area contributed by atoms with E-state index in [0.717, 1.165) is 22.4 Å². The largest absolute Gasteiger partial charge is 0.458 e. The van der Waals surface area contributed by atoms with Crippen LogP contribution in [0.4, 0.5) is 0 Å². The van der Waals surface area contributed by atoms with Gasteiger partial charge in [0.05, 0.1) is 0 Å². The molecule has 1 spiro atoms. The van der Waals surface area contributed by atoms with Crippen LogP contribution in [0.25, 0.3) is 6.08 Å². The first-order chi connectivity index (χ1) is 8.87. The number of benzene rings is 2. The summed E-state index contributed by atoms with van der Waals surface area (Å²) in [4.78, 5) is 4.56. The van der Waals surface area contributed by atoms with Crippen LogP contribution in [0.1, 0.15) is 16.7 Å². The summed E-state index contributed by atoms with van der Waals surface area (Å²) in [7, 11) is 0. The number of nitrogens with zero attached hydrogens (tertiary/aromatic N) is 1. The topological polar surface area (TPSA) is 21.6 Å². The molecule has 2 heterocycles. The van der Waals surface area contributed by atoms with Crippen LogP contribution in [0.5, 0.6) is 5.75 Å². The Labute approximate surface area is 105 Å². The van der Waals surface area contributed by atoms with E-state index in [1.807, 2.05) is 48.7 Å². The van der Waals surface area contributed by atoms with E-state index in [2.05, 4.69) is 23.2 Å². The number of hydrogen-bond donors (Lipinski definition) is 0. The van der Waals surface area contributed by atoms with Crippen LogP contribution < -0.4 is 4.74 Å².